The van der Waals surface area contributed by atoms with Crippen molar-refractivity contribution in [3.05, 3.63) is 60.3 Å². The summed E-state index contributed by atoms with van der Waals surface area (Å²) in [5, 5.41) is 1.30. The third kappa shape index (κ3) is 2.74. The van der Waals surface area contributed by atoms with Crippen molar-refractivity contribution < 1.29 is 0 Å². The van der Waals surface area contributed by atoms with Gasteiger partial charge in [0.05, 0.1) is 12.1 Å². The lowest BCUT2D eigenvalue weighted by Gasteiger charge is -2.15. The van der Waals surface area contributed by atoms with E-state index in [-0.39, 0.29) is 0 Å². The first-order valence-corrected chi connectivity index (χ1v) is 7.92. The van der Waals surface area contributed by atoms with Crippen LogP contribution in [0.1, 0.15) is 17.8 Å². The Morgan fingerprint density at radius 3 is 3.00 bits per heavy atom. The van der Waals surface area contributed by atoms with Gasteiger partial charge in [-0.25, -0.2) is 4.98 Å². The predicted octanol–water partition coefficient (Wildman–Crippen LogP) is 3.02. The highest BCUT2D eigenvalue weighted by molar-refractivity contribution is 5.81. The monoisotopic (exact) mass is 292 g/mol. The highest BCUT2D eigenvalue weighted by atomic mass is 15.2. The smallest absolute Gasteiger partial charge is 0.120 e. The molecule has 1 atom stereocenters. The number of aromatic amines is 1. The van der Waals surface area contributed by atoms with Gasteiger partial charge in [0.25, 0.3) is 0 Å². The van der Waals surface area contributed by atoms with Gasteiger partial charge in [-0.3, -0.25) is 9.88 Å². The van der Waals surface area contributed by atoms with E-state index in [1.54, 1.807) is 0 Å². The molecule has 1 aliphatic heterocycles. The van der Waals surface area contributed by atoms with Crippen molar-refractivity contribution in [2.75, 3.05) is 13.1 Å². The van der Waals surface area contributed by atoms with Gasteiger partial charge in [0.2, 0.25) is 0 Å². The number of benzene rings is 1. The maximum absolute atomic E-state index is 4.46. The molecule has 0 radical (unpaired) electrons. The number of H-pyrrole nitrogens is 1. The Labute approximate surface area is 130 Å². The van der Waals surface area contributed by atoms with Gasteiger partial charge in [-0.05, 0) is 43.0 Å². The van der Waals surface area contributed by atoms with E-state index < -0.39 is 0 Å². The van der Waals surface area contributed by atoms with E-state index in [0.717, 1.165) is 43.3 Å². The first-order chi connectivity index (χ1) is 10.9. The van der Waals surface area contributed by atoms with E-state index in [0.29, 0.717) is 0 Å². The molecule has 1 N–H and O–H groups in total. The molecule has 4 heteroatoms. The van der Waals surface area contributed by atoms with Gasteiger partial charge in [-0.1, -0.05) is 18.2 Å². The molecule has 0 saturated carbocycles. The molecule has 0 aliphatic carbocycles. The first-order valence-electron chi connectivity index (χ1n) is 7.92. The summed E-state index contributed by atoms with van der Waals surface area (Å²) in [6.07, 6.45) is 8.06. The van der Waals surface area contributed by atoms with Crippen LogP contribution in [0.4, 0.5) is 0 Å². The maximum atomic E-state index is 4.46. The molecule has 0 bridgehead atoms. The van der Waals surface area contributed by atoms with Crippen LogP contribution in [0, 0.1) is 5.92 Å². The van der Waals surface area contributed by atoms with Crippen LogP contribution in [0.2, 0.25) is 0 Å². The molecule has 22 heavy (non-hydrogen) atoms. The zero-order chi connectivity index (χ0) is 14.8. The Bertz CT molecular complexity index is 745. The molecule has 2 aromatic heterocycles. The fraction of sp³-hybridized carbons (Fsp3) is 0.333. The fourth-order valence-corrected chi connectivity index (χ4v) is 3.46. The number of hydrogen-bond donors (Lipinski definition) is 1. The zero-order valence-corrected chi connectivity index (χ0v) is 12.6. The van der Waals surface area contributed by atoms with E-state index in [9.17, 15) is 0 Å². The molecule has 3 aromatic rings. The second kappa shape index (κ2) is 5.89. The molecule has 1 saturated heterocycles. The van der Waals surface area contributed by atoms with Crippen LogP contribution in [0.5, 0.6) is 0 Å². The molecule has 1 unspecified atom stereocenters. The van der Waals surface area contributed by atoms with E-state index in [1.807, 2.05) is 18.6 Å². The number of aromatic nitrogens is 3. The van der Waals surface area contributed by atoms with Gasteiger partial charge in [0, 0.05) is 30.5 Å². The number of nitrogens with one attached hydrogen (secondary N) is 1. The number of pyridine rings is 1. The molecule has 0 amide bonds. The number of rotatable bonds is 4. The van der Waals surface area contributed by atoms with Gasteiger partial charge in [0.1, 0.15) is 5.82 Å². The summed E-state index contributed by atoms with van der Waals surface area (Å²) in [5.41, 5.74) is 2.53. The zero-order valence-electron chi connectivity index (χ0n) is 12.6. The average Bonchev–Trinajstić information content (AvgIpc) is 3.20. The van der Waals surface area contributed by atoms with Crippen molar-refractivity contribution in [1.29, 1.82) is 0 Å². The van der Waals surface area contributed by atoms with Crippen molar-refractivity contribution in [3.8, 4) is 0 Å². The quantitative estimate of drug-likeness (QED) is 0.804. The number of nitrogens with zero attached hydrogens (tertiary/aromatic N) is 3. The summed E-state index contributed by atoms with van der Waals surface area (Å²) >= 11 is 0. The van der Waals surface area contributed by atoms with E-state index in [2.05, 4.69) is 50.2 Å². The molecule has 1 aliphatic rings. The Kier molecular flexibility index (Phi) is 3.60. The molecule has 112 valence electrons. The highest BCUT2D eigenvalue weighted by Gasteiger charge is 2.23. The standard InChI is InChI=1S/C18H20N4/c1-2-4-17-16(3-1)15(5-7-19-17)11-14-6-10-22(12-14)13-18-20-8-9-21-18/h1-5,7-9,14H,6,10-13H2,(H,20,21). The lowest BCUT2D eigenvalue weighted by atomic mass is 9.96. The minimum absolute atomic E-state index is 0.723. The second-order valence-electron chi connectivity index (χ2n) is 6.12. The molecule has 1 aromatic carbocycles. The Morgan fingerprint density at radius 2 is 2.09 bits per heavy atom. The highest BCUT2D eigenvalue weighted by Crippen LogP contribution is 2.25. The number of imidazole rings is 1. The third-order valence-corrected chi connectivity index (χ3v) is 4.55. The Balaban J connectivity index is 1.45. The van der Waals surface area contributed by atoms with Gasteiger partial charge in [-0.2, -0.15) is 0 Å². The van der Waals surface area contributed by atoms with Crippen LogP contribution >= 0.6 is 0 Å². The summed E-state index contributed by atoms with van der Waals surface area (Å²) < 4.78 is 0. The first kappa shape index (κ1) is 13.5. The number of hydrogen-bond acceptors (Lipinski definition) is 3. The van der Waals surface area contributed by atoms with Crippen molar-refractivity contribution in [2.45, 2.75) is 19.4 Å². The van der Waals surface area contributed by atoms with Crippen LogP contribution in [0.15, 0.2) is 48.9 Å². The van der Waals surface area contributed by atoms with Gasteiger partial charge < -0.3 is 4.98 Å². The number of likely N-dealkylation sites (tertiary alicyclic amines) is 1. The van der Waals surface area contributed by atoms with Crippen LogP contribution in [0.25, 0.3) is 10.9 Å². The number of para-hydroxylation sites is 1. The Hall–Kier alpha value is -2.20. The van der Waals surface area contributed by atoms with Crippen molar-refractivity contribution in [2.24, 2.45) is 5.92 Å². The SMILES string of the molecule is c1ccc2c(CC3CCN(Cc4ncc[nH]4)C3)ccnc2c1. The normalized spacial score (nSPS) is 19.0. The lowest BCUT2D eigenvalue weighted by Crippen LogP contribution is -2.21. The summed E-state index contributed by atoms with van der Waals surface area (Å²) in [6, 6.07) is 10.6. The minimum Gasteiger partial charge on any atom is -0.348 e. The van der Waals surface area contributed by atoms with Gasteiger partial charge in [0.15, 0.2) is 0 Å². The fourth-order valence-electron chi connectivity index (χ4n) is 3.46. The topological polar surface area (TPSA) is 44.8 Å². The summed E-state index contributed by atoms with van der Waals surface area (Å²) in [4.78, 5) is 14.5. The molecule has 1 fully saturated rings. The predicted molar refractivity (Wildman–Crippen MR) is 87.4 cm³/mol. The van der Waals surface area contributed by atoms with Gasteiger partial charge >= 0.3 is 0 Å². The van der Waals surface area contributed by atoms with Crippen LogP contribution in [-0.4, -0.2) is 32.9 Å². The molecule has 3 heterocycles. The summed E-state index contributed by atoms with van der Waals surface area (Å²) in [7, 11) is 0. The summed E-state index contributed by atoms with van der Waals surface area (Å²) in [5.74, 6) is 1.79. The van der Waals surface area contributed by atoms with Crippen molar-refractivity contribution >= 4 is 10.9 Å². The third-order valence-electron chi connectivity index (χ3n) is 4.55. The molecule has 4 nitrogen and oxygen atoms in total. The van der Waals surface area contributed by atoms with E-state index >= 15 is 0 Å². The van der Waals surface area contributed by atoms with Gasteiger partial charge in [-0.15, -0.1) is 0 Å². The van der Waals surface area contributed by atoms with E-state index in [4.69, 9.17) is 0 Å². The van der Waals surface area contributed by atoms with Crippen LogP contribution in [-0.2, 0) is 13.0 Å². The second-order valence-corrected chi connectivity index (χ2v) is 6.12. The molecule has 0 spiro atoms. The number of fused-ring (bicyclic) bond motifs is 1. The van der Waals surface area contributed by atoms with Crippen LogP contribution < -0.4 is 0 Å². The van der Waals surface area contributed by atoms with Crippen LogP contribution in [0.3, 0.4) is 0 Å². The van der Waals surface area contributed by atoms with Crippen molar-refractivity contribution in [1.82, 2.24) is 19.9 Å². The maximum Gasteiger partial charge on any atom is 0.120 e. The largest absolute Gasteiger partial charge is 0.348 e. The average molecular weight is 292 g/mol. The Morgan fingerprint density at radius 1 is 1.14 bits per heavy atom. The molecule has 4 rings (SSSR count). The van der Waals surface area contributed by atoms with Crippen molar-refractivity contribution in [3.63, 3.8) is 0 Å². The summed E-state index contributed by atoms with van der Waals surface area (Å²) in [6.45, 7) is 3.24. The molecular formula is C18H20N4. The minimum atomic E-state index is 0.723. The lowest BCUT2D eigenvalue weighted by molar-refractivity contribution is 0.309. The van der Waals surface area contributed by atoms with E-state index in [1.165, 1.54) is 17.4 Å². The molecular weight excluding hydrogens is 272 g/mol.